The largest absolute Gasteiger partial charge is 0.444 e. The summed E-state index contributed by atoms with van der Waals surface area (Å²) in [6.07, 6.45) is 1.16. The SMILES string of the molecule is CC(C)(C)OC(=O)N1CCC(Nc2ccc(C(=O)c3ccccc3F)c(N)n2)CC1. The second kappa shape index (κ2) is 8.69. The Morgan fingerprint density at radius 2 is 1.80 bits per heavy atom. The standard InChI is InChI=1S/C22H27FN4O3/c1-22(2,3)30-21(29)27-12-10-14(11-13-27)25-18-9-8-16(20(24)26-18)19(28)15-6-4-5-7-17(15)23/h4-9,14H,10-13H2,1-3H3,(H3,24,25,26). The number of aromatic nitrogens is 1. The first-order valence-electron chi connectivity index (χ1n) is 9.94. The van der Waals surface area contributed by atoms with Crippen molar-refractivity contribution >= 4 is 23.5 Å². The molecule has 1 aromatic heterocycles. The number of ether oxygens (including phenoxy) is 1. The van der Waals surface area contributed by atoms with Crippen molar-refractivity contribution in [1.82, 2.24) is 9.88 Å². The molecule has 3 N–H and O–H groups in total. The molecule has 0 spiro atoms. The van der Waals surface area contributed by atoms with Crippen LogP contribution in [-0.4, -0.2) is 46.5 Å². The van der Waals surface area contributed by atoms with Crippen molar-refractivity contribution < 1.29 is 18.7 Å². The predicted octanol–water partition coefficient (Wildman–Crippen LogP) is 3.85. The van der Waals surface area contributed by atoms with E-state index in [4.69, 9.17) is 10.5 Å². The van der Waals surface area contributed by atoms with Gasteiger partial charge in [0.05, 0.1) is 11.1 Å². The Hall–Kier alpha value is -3.16. The van der Waals surface area contributed by atoms with Crippen molar-refractivity contribution in [3.8, 4) is 0 Å². The van der Waals surface area contributed by atoms with E-state index in [2.05, 4.69) is 10.3 Å². The highest BCUT2D eigenvalue weighted by atomic mass is 19.1. The number of likely N-dealkylation sites (tertiary alicyclic amines) is 1. The average molecular weight is 414 g/mol. The van der Waals surface area contributed by atoms with Gasteiger partial charge in [0.2, 0.25) is 0 Å². The summed E-state index contributed by atoms with van der Waals surface area (Å²) in [5, 5.41) is 3.29. The van der Waals surface area contributed by atoms with Gasteiger partial charge in [-0.2, -0.15) is 0 Å². The maximum absolute atomic E-state index is 13.9. The molecular formula is C22H27FN4O3. The van der Waals surface area contributed by atoms with Crippen LogP contribution >= 0.6 is 0 Å². The van der Waals surface area contributed by atoms with Crippen molar-refractivity contribution in [2.24, 2.45) is 0 Å². The number of benzene rings is 1. The van der Waals surface area contributed by atoms with Gasteiger partial charge in [-0.1, -0.05) is 12.1 Å². The van der Waals surface area contributed by atoms with E-state index < -0.39 is 17.2 Å². The number of rotatable bonds is 4. The molecule has 0 bridgehead atoms. The molecule has 160 valence electrons. The molecule has 2 heterocycles. The lowest BCUT2D eigenvalue weighted by molar-refractivity contribution is 0.0210. The lowest BCUT2D eigenvalue weighted by Crippen LogP contribution is -2.44. The number of pyridine rings is 1. The summed E-state index contributed by atoms with van der Waals surface area (Å²) in [5.41, 5.74) is 5.57. The Morgan fingerprint density at radius 1 is 1.13 bits per heavy atom. The fourth-order valence-electron chi connectivity index (χ4n) is 3.28. The van der Waals surface area contributed by atoms with Gasteiger partial charge in [-0.15, -0.1) is 0 Å². The van der Waals surface area contributed by atoms with Crippen molar-refractivity contribution in [3.63, 3.8) is 0 Å². The zero-order chi connectivity index (χ0) is 21.9. The van der Waals surface area contributed by atoms with Crippen LogP contribution in [0, 0.1) is 5.82 Å². The lowest BCUT2D eigenvalue weighted by Gasteiger charge is -2.33. The van der Waals surface area contributed by atoms with Crippen LogP contribution in [0.15, 0.2) is 36.4 Å². The van der Waals surface area contributed by atoms with E-state index in [0.29, 0.717) is 18.9 Å². The fourth-order valence-corrected chi connectivity index (χ4v) is 3.28. The van der Waals surface area contributed by atoms with E-state index >= 15 is 0 Å². The van der Waals surface area contributed by atoms with E-state index in [0.717, 1.165) is 12.8 Å². The summed E-state index contributed by atoms with van der Waals surface area (Å²) in [6, 6.07) is 9.09. The molecule has 0 radical (unpaired) electrons. The van der Waals surface area contributed by atoms with Gasteiger partial charge >= 0.3 is 6.09 Å². The smallest absolute Gasteiger partial charge is 0.410 e. The predicted molar refractivity (Wildman–Crippen MR) is 113 cm³/mol. The number of carbonyl (C=O) groups is 2. The number of amides is 1. The van der Waals surface area contributed by atoms with Crippen LogP contribution < -0.4 is 11.1 Å². The molecule has 3 rings (SSSR count). The normalized spacial score (nSPS) is 15.0. The van der Waals surface area contributed by atoms with Crippen molar-refractivity contribution in [2.45, 2.75) is 45.3 Å². The van der Waals surface area contributed by atoms with Gasteiger partial charge in [0, 0.05) is 19.1 Å². The highest BCUT2D eigenvalue weighted by Crippen LogP contribution is 2.22. The number of anilines is 2. The summed E-state index contributed by atoms with van der Waals surface area (Å²) < 4.78 is 19.3. The first kappa shape index (κ1) is 21.5. The summed E-state index contributed by atoms with van der Waals surface area (Å²) in [5.74, 6) is -0.524. The molecule has 30 heavy (non-hydrogen) atoms. The summed E-state index contributed by atoms with van der Waals surface area (Å²) >= 11 is 0. The third-order valence-electron chi connectivity index (χ3n) is 4.79. The molecule has 1 aromatic carbocycles. The molecule has 0 saturated carbocycles. The Kier molecular flexibility index (Phi) is 6.24. The van der Waals surface area contributed by atoms with E-state index in [1.807, 2.05) is 20.8 Å². The first-order chi connectivity index (χ1) is 14.1. The zero-order valence-electron chi connectivity index (χ0n) is 17.4. The number of piperidine rings is 1. The number of hydrogen-bond donors (Lipinski definition) is 2. The molecular weight excluding hydrogens is 387 g/mol. The monoisotopic (exact) mass is 414 g/mol. The van der Waals surface area contributed by atoms with Crippen LogP contribution in [0.2, 0.25) is 0 Å². The minimum absolute atomic E-state index is 0.0405. The average Bonchev–Trinajstić information content (AvgIpc) is 2.67. The van der Waals surface area contributed by atoms with Crippen LogP contribution in [0.3, 0.4) is 0 Å². The van der Waals surface area contributed by atoms with Crippen LogP contribution in [0.25, 0.3) is 0 Å². The second-order valence-electron chi connectivity index (χ2n) is 8.32. The molecule has 1 aliphatic heterocycles. The van der Waals surface area contributed by atoms with Crippen LogP contribution in [0.5, 0.6) is 0 Å². The summed E-state index contributed by atoms with van der Waals surface area (Å²) in [6.45, 7) is 6.68. The second-order valence-corrected chi connectivity index (χ2v) is 8.32. The molecule has 1 aliphatic rings. The highest BCUT2D eigenvalue weighted by Gasteiger charge is 2.27. The number of carbonyl (C=O) groups excluding carboxylic acids is 2. The number of halogens is 1. The molecule has 1 fully saturated rings. The van der Waals surface area contributed by atoms with E-state index in [9.17, 15) is 14.0 Å². The molecule has 0 atom stereocenters. The molecule has 0 unspecified atom stereocenters. The van der Waals surface area contributed by atoms with Gasteiger partial charge in [0.15, 0.2) is 5.78 Å². The Bertz CT molecular complexity index is 934. The van der Waals surface area contributed by atoms with Gasteiger partial charge in [-0.3, -0.25) is 4.79 Å². The van der Waals surface area contributed by atoms with Crippen LogP contribution in [-0.2, 0) is 4.74 Å². The first-order valence-corrected chi connectivity index (χ1v) is 9.94. The summed E-state index contributed by atoms with van der Waals surface area (Å²) in [4.78, 5) is 30.7. The highest BCUT2D eigenvalue weighted by molar-refractivity contribution is 6.11. The van der Waals surface area contributed by atoms with Gasteiger partial charge < -0.3 is 20.7 Å². The van der Waals surface area contributed by atoms with Gasteiger partial charge in [0.25, 0.3) is 0 Å². The number of nitrogens with one attached hydrogen (secondary N) is 1. The van der Waals surface area contributed by atoms with Crippen molar-refractivity contribution in [1.29, 1.82) is 0 Å². The number of nitrogens with zero attached hydrogens (tertiary/aromatic N) is 2. The van der Waals surface area contributed by atoms with E-state index in [1.54, 1.807) is 23.1 Å². The maximum atomic E-state index is 13.9. The third-order valence-corrected chi connectivity index (χ3v) is 4.79. The third kappa shape index (κ3) is 5.25. The lowest BCUT2D eigenvalue weighted by atomic mass is 10.0. The van der Waals surface area contributed by atoms with E-state index in [-0.39, 0.29) is 29.1 Å². The van der Waals surface area contributed by atoms with Gasteiger partial charge in [-0.05, 0) is 57.9 Å². The minimum atomic E-state index is -0.596. The Balaban J connectivity index is 1.60. The van der Waals surface area contributed by atoms with Crippen molar-refractivity contribution in [3.05, 3.63) is 53.3 Å². The molecule has 0 aliphatic carbocycles. The fraction of sp³-hybridized carbons (Fsp3) is 0.409. The topological polar surface area (TPSA) is 97.5 Å². The molecule has 1 amide bonds. The van der Waals surface area contributed by atoms with Gasteiger partial charge in [0.1, 0.15) is 23.1 Å². The maximum Gasteiger partial charge on any atom is 0.410 e. The number of hydrogen-bond acceptors (Lipinski definition) is 6. The number of nitrogen functional groups attached to an aromatic ring is 1. The van der Waals surface area contributed by atoms with E-state index in [1.165, 1.54) is 18.2 Å². The molecule has 7 nitrogen and oxygen atoms in total. The zero-order valence-corrected chi connectivity index (χ0v) is 17.4. The minimum Gasteiger partial charge on any atom is -0.444 e. The van der Waals surface area contributed by atoms with Crippen LogP contribution in [0.1, 0.15) is 49.5 Å². The Labute approximate surface area is 175 Å². The Morgan fingerprint density at radius 3 is 2.40 bits per heavy atom. The molecule has 8 heteroatoms. The number of ketones is 1. The van der Waals surface area contributed by atoms with Crippen LogP contribution in [0.4, 0.5) is 20.8 Å². The summed E-state index contributed by atoms with van der Waals surface area (Å²) in [7, 11) is 0. The van der Waals surface area contributed by atoms with Gasteiger partial charge in [-0.25, -0.2) is 14.2 Å². The molecule has 2 aromatic rings. The quantitative estimate of drug-likeness (QED) is 0.738. The number of nitrogens with two attached hydrogens (primary N) is 1. The molecule has 1 saturated heterocycles. The van der Waals surface area contributed by atoms with Crippen molar-refractivity contribution in [2.75, 3.05) is 24.1 Å².